The van der Waals surface area contributed by atoms with Gasteiger partial charge in [0.25, 0.3) is 0 Å². The van der Waals surface area contributed by atoms with Gasteiger partial charge in [-0.1, -0.05) is 6.07 Å². The van der Waals surface area contributed by atoms with Crippen molar-refractivity contribution in [3.63, 3.8) is 0 Å². The van der Waals surface area contributed by atoms with Crippen molar-refractivity contribution in [2.75, 3.05) is 19.6 Å². The zero-order valence-electron chi connectivity index (χ0n) is 13.9. The number of benzene rings is 1. The Morgan fingerprint density at radius 2 is 1.84 bits per heavy atom. The molecule has 2 aliphatic rings. The van der Waals surface area contributed by atoms with Gasteiger partial charge in [-0.2, -0.15) is 13.2 Å². The van der Waals surface area contributed by atoms with Gasteiger partial charge in [-0.15, -0.1) is 0 Å². The number of rotatable bonds is 4. The Kier molecular flexibility index (Phi) is 4.31. The summed E-state index contributed by atoms with van der Waals surface area (Å²) in [5.41, 5.74) is -0.756. The summed E-state index contributed by atoms with van der Waals surface area (Å²) < 4.78 is 45.6. The molecule has 25 heavy (non-hydrogen) atoms. The van der Waals surface area contributed by atoms with Gasteiger partial charge in [0, 0.05) is 31.2 Å². The summed E-state index contributed by atoms with van der Waals surface area (Å²) in [5, 5.41) is 0.428. The summed E-state index contributed by atoms with van der Waals surface area (Å²) in [6.07, 6.45) is 1.55. The zero-order valence-corrected chi connectivity index (χ0v) is 13.9. The molecule has 2 heterocycles. The van der Waals surface area contributed by atoms with E-state index in [1.54, 1.807) is 12.1 Å². The maximum absolute atomic E-state index is 13.2. The SMILES string of the molecule is FC(F)(F)c1cccc2c(OC3CCN(CC4CC4)CC3)ccnc12. The Hall–Kier alpha value is -1.82. The number of piperidine rings is 1. The minimum Gasteiger partial charge on any atom is -0.490 e. The van der Waals surface area contributed by atoms with Gasteiger partial charge in [0.15, 0.2) is 0 Å². The minimum absolute atomic E-state index is 0.0429. The second kappa shape index (κ2) is 6.48. The third-order valence-corrected chi connectivity index (χ3v) is 5.08. The topological polar surface area (TPSA) is 25.4 Å². The molecule has 2 fully saturated rings. The monoisotopic (exact) mass is 350 g/mol. The smallest absolute Gasteiger partial charge is 0.418 e. The van der Waals surface area contributed by atoms with Gasteiger partial charge in [-0.3, -0.25) is 4.98 Å². The maximum Gasteiger partial charge on any atom is 0.418 e. The molecule has 1 saturated carbocycles. The van der Waals surface area contributed by atoms with Crippen molar-refractivity contribution in [3.8, 4) is 5.75 Å². The summed E-state index contributed by atoms with van der Waals surface area (Å²) in [6, 6.07) is 5.79. The van der Waals surface area contributed by atoms with Gasteiger partial charge < -0.3 is 9.64 Å². The quantitative estimate of drug-likeness (QED) is 0.811. The largest absolute Gasteiger partial charge is 0.490 e. The first-order valence-corrected chi connectivity index (χ1v) is 8.84. The van der Waals surface area contributed by atoms with E-state index in [2.05, 4.69) is 9.88 Å². The van der Waals surface area contributed by atoms with Crippen LogP contribution in [0.3, 0.4) is 0 Å². The lowest BCUT2D eigenvalue weighted by molar-refractivity contribution is -0.136. The number of halogens is 3. The van der Waals surface area contributed by atoms with Crippen LogP contribution in [0.4, 0.5) is 13.2 Å². The lowest BCUT2D eigenvalue weighted by atomic mass is 10.1. The van der Waals surface area contributed by atoms with Gasteiger partial charge in [0.1, 0.15) is 11.9 Å². The number of para-hydroxylation sites is 1. The van der Waals surface area contributed by atoms with Crippen molar-refractivity contribution in [3.05, 3.63) is 36.0 Å². The fourth-order valence-electron chi connectivity index (χ4n) is 3.54. The van der Waals surface area contributed by atoms with Crippen molar-refractivity contribution in [1.82, 2.24) is 9.88 Å². The molecule has 0 radical (unpaired) electrons. The van der Waals surface area contributed by atoms with Crippen molar-refractivity contribution < 1.29 is 17.9 Å². The number of pyridine rings is 1. The summed E-state index contributed by atoms with van der Waals surface area (Å²) >= 11 is 0. The third-order valence-electron chi connectivity index (χ3n) is 5.08. The second-order valence-corrected chi connectivity index (χ2v) is 7.07. The second-order valence-electron chi connectivity index (χ2n) is 7.07. The van der Waals surface area contributed by atoms with Crippen LogP contribution in [-0.2, 0) is 6.18 Å². The van der Waals surface area contributed by atoms with Crippen molar-refractivity contribution in [1.29, 1.82) is 0 Å². The number of ether oxygens (including phenoxy) is 1. The molecule has 1 aliphatic carbocycles. The summed E-state index contributed by atoms with van der Waals surface area (Å²) in [4.78, 5) is 6.42. The number of alkyl halides is 3. The molecule has 1 aliphatic heterocycles. The van der Waals surface area contributed by atoms with Crippen LogP contribution in [-0.4, -0.2) is 35.6 Å². The summed E-state index contributed by atoms with van der Waals surface area (Å²) in [5.74, 6) is 1.37. The molecule has 0 atom stereocenters. The van der Waals surface area contributed by atoms with Crippen molar-refractivity contribution in [2.24, 2.45) is 5.92 Å². The van der Waals surface area contributed by atoms with E-state index < -0.39 is 11.7 Å². The first-order chi connectivity index (χ1) is 12.0. The van der Waals surface area contributed by atoms with E-state index in [4.69, 9.17) is 4.74 Å². The number of nitrogens with zero attached hydrogens (tertiary/aromatic N) is 2. The molecule has 3 nitrogen and oxygen atoms in total. The van der Waals surface area contributed by atoms with Crippen LogP contribution in [0.25, 0.3) is 10.9 Å². The van der Waals surface area contributed by atoms with Crippen LogP contribution in [0.15, 0.2) is 30.5 Å². The molecule has 0 amide bonds. The van der Waals surface area contributed by atoms with Crippen molar-refractivity contribution >= 4 is 10.9 Å². The molecular formula is C19H21F3N2O. The molecule has 6 heteroatoms. The van der Waals surface area contributed by atoms with E-state index in [0.29, 0.717) is 11.1 Å². The molecule has 2 aromatic rings. The van der Waals surface area contributed by atoms with Crippen LogP contribution >= 0.6 is 0 Å². The molecule has 0 unspecified atom stereocenters. The third kappa shape index (κ3) is 3.73. The van der Waals surface area contributed by atoms with E-state index in [-0.39, 0.29) is 11.6 Å². The molecule has 0 N–H and O–H groups in total. The number of aromatic nitrogens is 1. The average Bonchev–Trinajstić information content (AvgIpc) is 3.40. The fraction of sp³-hybridized carbons (Fsp3) is 0.526. The molecule has 1 aromatic heterocycles. The highest BCUT2D eigenvalue weighted by atomic mass is 19.4. The summed E-state index contributed by atoms with van der Waals surface area (Å²) in [7, 11) is 0. The molecular weight excluding hydrogens is 329 g/mol. The van der Waals surface area contributed by atoms with Crippen molar-refractivity contribution in [2.45, 2.75) is 38.0 Å². The normalized spacial score (nSPS) is 20.1. The van der Waals surface area contributed by atoms with Crippen LogP contribution in [0.2, 0.25) is 0 Å². The minimum atomic E-state index is -4.42. The van der Waals surface area contributed by atoms with E-state index in [1.807, 2.05) is 0 Å². The van der Waals surface area contributed by atoms with Crippen LogP contribution in [0.5, 0.6) is 5.75 Å². The van der Waals surface area contributed by atoms with Crippen LogP contribution < -0.4 is 4.74 Å². The molecule has 1 saturated heterocycles. The zero-order chi connectivity index (χ0) is 17.4. The number of fused-ring (bicyclic) bond motifs is 1. The van der Waals surface area contributed by atoms with E-state index >= 15 is 0 Å². The lowest BCUT2D eigenvalue weighted by Gasteiger charge is -2.32. The highest BCUT2D eigenvalue weighted by Gasteiger charge is 2.33. The molecule has 134 valence electrons. The van der Waals surface area contributed by atoms with Crippen LogP contribution in [0, 0.1) is 5.92 Å². The van der Waals surface area contributed by atoms with Gasteiger partial charge in [0.2, 0.25) is 0 Å². The predicted octanol–water partition coefficient (Wildman–Crippen LogP) is 4.51. The highest BCUT2D eigenvalue weighted by molar-refractivity contribution is 5.87. The number of hydrogen-bond donors (Lipinski definition) is 0. The summed E-state index contributed by atoms with van der Waals surface area (Å²) in [6.45, 7) is 3.18. The predicted molar refractivity (Wildman–Crippen MR) is 89.6 cm³/mol. The average molecular weight is 350 g/mol. The van der Waals surface area contributed by atoms with Crippen LogP contribution in [0.1, 0.15) is 31.2 Å². The fourth-order valence-corrected chi connectivity index (χ4v) is 3.54. The Balaban J connectivity index is 1.50. The standard InChI is InChI=1S/C19H21F3N2O/c20-19(21,22)16-3-1-2-15-17(6-9-23-18(15)16)25-14-7-10-24(11-8-14)12-13-4-5-13/h1-3,6,9,13-14H,4-5,7-8,10-12H2. The first-order valence-electron chi connectivity index (χ1n) is 8.84. The highest BCUT2D eigenvalue weighted by Crippen LogP contribution is 2.37. The Morgan fingerprint density at radius 1 is 1.08 bits per heavy atom. The lowest BCUT2D eigenvalue weighted by Crippen LogP contribution is -2.39. The van der Waals surface area contributed by atoms with Gasteiger partial charge in [-0.25, -0.2) is 0 Å². The van der Waals surface area contributed by atoms with E-state index in [1.165, 1.54) is 31.6 Å². The van der Waals surface area contributed by atoms with E-state index in [0.717, 1.165) is 37.9 Å². The van der Waals surface area contributed by atoms with Gasteiger partial charge in [0.05, 0.1) is 11.1 Å². The van der Waals surface area contributed by atoms with Gasteiger partial charge >= 0.3 is 6.18 Å². The maximum atomic E-state index is 13.2. The van der Waals surface area contributed by atoms with Gasteiger partial charge in [-0.05, 0) is 49.8 Å². The first kappa shape index (κ1) is 16.6. The van der Waals surface area contributed by atoms with E-state index in [9.17, 15) is 13.2 Å². The molecule has 0 spiro atoms. The number of likely N-dealkylation sites (tertiary alicyclic amines) is 1. The number of hydrogen-bond acceptors (Lipinski definition) is 3. The Bertz CT molecular complexity index is 750. The Morgan fingerprint density at radius 3 is 2.52 bits per heavy atom. The Labute approximate surface area is 144 Å². The molecule has 1 aromatic carbocycles. The molecule has 0 bridgehead atoms. The molecule has 4 rings (SSSR count).